The number of ketones is 1. The zero-order chi connectivity index (χ0) is 25.4. The lowest BCUT2D eigenvalue weighted by atomic mass is 9.72. The maximum atomic E-state index is 14.3. The Bertz CT molecular complexity index is 1050. The first-order valence-electron chi connectivity index (χ1n) is 13.2. The minimum atomic E-state index is -0.727. The second-order valence-corrected chi connectivity index (χ2v) is 10.5. The first-order chi connectivity index (χ1) is 17.5. The molecule has 0 unspecified atom stereocenters. The smallest absolute Gasteiger partial charge is 0.337 e. The first kappa shape index (κ1) is 25.1. The van der Waals surface area contributed by atoms with E-state index < -0.39 is 5.54 Å². The summed E-state index contributed by atoms with van der Waals surface area (Å²) in [6.07, 6.45) is 5.73. The largest absolute Gasteiger partial charge is 0.504 e. The Kier molecular flexibility index (Phi) is 7.01. The van der Waals surface area contributed by atoms with E-state index in [4.69, 9.17) is 18.9 Å². The summed E-state index contributed by atoms with van der Waals surface area (Å²) in [6, 6.07) is 4.14. The summed E-state index contributed by atoms with van der Waals surface area (Å²) < 4.78 is 21.9. The maximum absolute atomic E-state index is 14.3. The van der Waals surface area contributed by atoms with Gasteiger partial charge in [0.1, 0.15) is 11.3 Å². The number of carbonyl (C=O) groups excluding carboxylic acids is 2. The van der Waals surface area contributed by atoms with Gasteiger partial charge in [0.05, 0.1) is 38.7 Å². The van der Waals surface area contributed by atoms with Crippen LogP contribution in [0, 0.1) is 11.8 Å². The normalized spacial score (nSPS) is 30.6. The lowest BCUT2D eigenvalue weighted by Crippen LogP contribution is -2.57. The molecule has 0 radical (unpaired) electrons. The summed E-state index contributed by atoms with van der Waals surface area (Å²) in [5.74, 6) is 1.02. The third-order valence-corrected chi connectivity index (χ3v) is 8.95. The van der Waals surface area contributed by atoms with Crippen LogP contribution in [0.15, 0.2) is 24.0 Å². The number of nitrogens with zero attached hydrogens (tertiary/aromatic N) is 1. The van der Waals surface area contributed by atoms with Gasteiger partial charge in [-0.1, -0.05) is 19.4 Å². The van der Waals surface area contributed by atoms with Gasteiger partial charge in [-0.2, -0.15) is 0 Å². The number of fused-ring (bicyclic) bond motifs is 3. The van der Waals surface area contributed by atoms with Crippen LogP contribution in [-0.4, -0.2) is 75.9 Å². The standard InChI is InChI=1S/C28H38N2O6/c1-5-17-15-30-11-10-28(23(30)14-20(17)21(16-33-2)27(32)35-4)26(31)24-22(29-28)7-6-19(25(24)34-3)18-8-12-36-13-9-18/h6-7,16-18,20,23,29H,5,8-15H2,1-4H3/b21-16+/t17-,20+,23+,28+/m1/s1. The molecule has 0 saturated carbocycles. The van der Waals surface area contributed by atoms with Crippen molar-refractivity contribution >= 4 is 17.4 Å². The van der Waals surface area contributed by atoms with Crippen LogP contribution in [0.3, 0.4) is 0 Å². The molecular formula is C28H38N2O6. The van der Waals surface area contributed by atoms with Gasteiger partial charge in [-0.25, -0.2) is 4.79 Å². The van der Waals surface area contributed by atoms with Crippen molar-refractivity contribution in [3.63, 3.8) is 0 Å². The molecule has 8 nitrogen and oxygen atoms in total. The third kappa shape index (κ3) is 3.89. The fourth-order valence-corrected chi connectivity index (χ4v) is 7.12. The Hall–Kier alpha value is -2.58. The van der Waals surface area contributed by atoms with Gasteiger partial charge in [0.15, 0.2) is 5.78 Å². The molecule has 0 aromatic heterocycles. The second-order valence-electron chi connectivity index (χ2n) is 10.5. The molecule has 36 heavy (non-hydrogen) atoms. The van der Waals surface area contributed by atoms with Crippen molar-refractivity contribution in [2.75, 3.05) is 52.9 Å². The number of anilines is 1. The van der Waals surface area contributed by atoms with E-state index in [1.807, 2.05) is 0 Å². The number of carbonyl (C=O) groups is 2. The van der Waals surface area contributed by atoms with Gasteiger partial charge < -0.3 is 24.3 Å². The molecule has 0 amide bonds. The van der Waals surface area contributed by atoms with Crippen LogP contribution in [0.1, 0.15) is 60.9 Å². The van der Waals surface area contributed by atoms with Crippen molar-refractivity contribution in [3.8, 4) is 5.75 Å². The molecule has 3 saturated heterocycles. The van der Waals surface area contributed by atoms with Gasteiger partial charge in [0.2, 0.25) is 0 Å². The van der Waals surface area contributed by atoms with Crippen LogP contribution in [0.2, 0.25) is 0 Å². The summed E-state index contributed by atoms with van der Waals surface area (Å²) >= 11 is 0. The van der Waals surface area contributed by atoms with Gasteiger partial charge >= 0.3 is 5.97 Å². The monoisotopic (exact) mass is 498 g/mol. The molecule has 8 heteroatoms. The van der Waals surface area contributed by atoms with E-state index in [9.17, 15) is 9.59 Å². The van der Waals surface area contributed by atoms with Gasteiger partial charge in [-0.15, -0.1) is 0 Å². The van der Waals surface area contributed by atoms with Crippen LogP contribution < -0.4 is 10.1 Å². The molecule has 0 aliphatic carbocycles. The molecule has 5 rings (SSSR count). The summed E-state index contributed by atoms with van der Waals surface area (Å²) in [7, 11) is 4.62. The number of ether oxygens (including phenoxy) is 4. The second kappa shape index (κ2) is 10.1. The number of hydrogen-bond acceptors (Lipinski definition) is 8. The van der Waals surface area contributed by atoms with Crippen LogP contribution in [-0.2, 0) is 19.0 Å². The van der Waals surface area contributed by atoms with Gasteiger partial charge in [0.25, 0.3) is 0 Å². The highest BCUT2D eigenvalue weighted by atomic mass is 16.5. The zero-order valence-electron chi connectivity index (χ0n) is 21.8. The number of hydrogen-bond donors (Lipinski definition) is 1. The molecule has 1 aromatic rings. The summed E-state index contributed by atoms with van der Waals surface area (Å²) in [4.78, 5) is 29.4. The number of esters is 1. The van der Waals surface area contributed by atoms with Crippen molar-refractivity contribution in [1.29, 1.82) is 0 Å². The Morgan fingerprint density at radius 2 is 2.03 bits per heavy atom. The third-order valence-electron chi connectivity index (χ3n) is 8.95. The predicted molar refractivity (Wildman–Crippen MR) is 135 cm³/mol. The Morgan fingerprint density at radius 1 is 1.25 bits per heavy atom. The number of rotatable bonds is 6. The molecule has 1 aromatic carbocycles. The highest BCUT2D eigenvalue weighted by Gasteiger charge is 2.60. The number of methoxy groups -OCH3 is 3. The highest BCUT2D eigenvalue weighted by molar-refractivity contribution is 6.16. The molecule has 1 spiro atoms. The summed E-state index contributed by atoms with van der Waals surface area (Å²) in [5.41, 5.74) is 2.46. The van der Waals surface area contributed by atoms with E-state index in [1.54, 1.807) is 14.2 Å². The van der Waals surface area contributed by atoms with E-state index in [2.05, 4.69) is 29.3 Å². The first-order valence-corrected chi connectivity index (χ1v) is 13.2. The van der Waals surface area contributed by atoms with Gasteiger partial charge in [0, 0.05) is 38.0 Å². The Labute approximate surface area is 213 Å². The molecule has 4 atom stereocenters. The quantitative estimate of drug-likeness (QED) is 0.361. The molecule has 1 N–H and O–H groups in total. The van der Waals surface area contributed by atoms with Crippen molar-refractivity contribution in [3.05, 3.63) is 35.1 Å². The Morgan fingerprint density at radius 3 is 2.69 bits per heavy atom. The average Bonchev–Trinajstić information content (AvgIpc) is 3.42. The highest BCUT2D eigenvalue weighted by Crippen LogP contribution is 2.52. The lowest BCUT2D eigenvalue weighted by Gasteiger charge is -2.45. The fraction of sp³-hybridized carbons (Fsp3) is 0.643. The summed E-state index contributed by atoms with van der Waals surface area (Å²) in [5, 5.41) is 3.67. The van der Waals surface area contributed by atoms with E-state index in [0.29, 0.717) is 29.2 Å². The lowest BCUT2D eigenvalue weighted by molar-refractivity contribution is -0.137. The minimum absolute atomic E-state index is 0.0358. The van der Waals surface area contributed by atoms with E-state index in [1.165, 1.54) is 13.4 Å². The van der Waals surface area contributed by atoms with Gasteiger partial charge in [-0.3, -0.25) is 9.69 Å². The van der Waals surface area contributed by atoms with E-state index in [-0.39, 0.29) is 29.6 Å². The molecule has 3 fully saturated rings. The predicted octanol–water partition coefficient (Wildman–Crippen LogP) is 3.76. The van der Waals surface area contributed by atoms with Crippen LogP contribution >= 0.6 is 0 Å². The fourth-order valence-electron chi connectivity index (χ4n) is 7.12. The number of Topliss-reactive ketones (excluding diaryl/α,β-unsaturated/α-hetero) is 1. The molecule has 0 bridgehead atoms. The van der Waals surface area contributed by atoms with Crippen molar-refractivity contribution in [2.24, 2.45) is 11.8 Å². The Balaban J connectivity index is 1.50. The molecule has 4 heterocycles. The zero-order valence-corrected chi connectivity index (χ0v) is 21.8. The molecular weight excluding hydrogens is 460 g/mol. The van der Waals surface area contributed by atoms with Crippen LogP contribution in [0.25, 0.3) is 0 Å². The van der Waals surface area contributed by atoms with Crippen molar-refractivity contribution in [1.82, 2.24) is 4.90 Å². The molecule has 196 valence electrons. The van der Waals surface area contributed by atoms with Gasteiger partial charge in [-0.05, 0) is 55.1 Å². The molecule has 4 aliphatic heterocycles. The van der Waals surface area contributed by atoms with E-state index >= 15 is 0 Å². The van der Waals surface area contributed by atoms with Crippen molar-refractivity contribution < 1.29 is 28.5 Å². The number of piperidine rings is 1. The van der Waals surface area contributed by atoms with Crippen LogP contribution in [0.5, 0.6) is 5.75 Å². The average molecular weight is 499 g/mol. The van der Waals surface area contributed by atoms with Crippen LogP contribution in [0.4, 0.5) is 5.69 Å². The minimum Gasteiger partial charge on any atom is -0.504 e. The number of nitrogens with one attached hydrogen (secondary N) is 1. The number of benzene rings is 1. The SMILES string of the molecule is CC[C@@H]1CN2CC[C@]3(Nc4ccc(C5CCOCC5)c(OC)c4C3=O)[C@@H]2C[C@@H]1/C(=C\OC)C(=O)OC. The topological polar surface area (TPSA) is 86.3 Å². The molecule has 4 aliphatic rings. The maximum Gasteiger partial charge on any atom is 0.337 e. The van der Waals surface area contributed by atoms with E-state index in [0.717, 1.165) is 63.2 Å². The summed E-state index contributed by atoms with van der Waals surface area (Å²) in [6.45, 7) is 5.30. The van der Waals surface area contributed by atoms with Crippen molar-refractivity contribution in [2.45, 2.75) is 56.5 Å².